The van der Waals surface area contributed by atoms with Gasteiger partial charge in [-0.1, -0.05) is 30.3 Å². The van der Waals surface area contributed by atoms with E-state index in [0.29, 0.717) is 5.69 Å². The number of amides is 2. The maximum atomic E-state index is 12.0. The minimum atomic E-state index is -0.757. The Balaban J connectivity index is 1.78. The first kappa shape index (κ1) is 16.4. The van der Waals surface area contributed by atoms with Crippen molar-refractivity contribution in [2.45, 2.75) is 19.6 Å². The van der Waals surface area contributed by atoms with Gasteiger partial charge in [0.15, 0.2) is 0 Å². The average Bonchev–Trinajstić information content (AvgIpc) is 2.56. The van der Waals surface area contributed by atoms with E-state index in [4.69, 9.17) is 4.74 Å². The molecule has 0 unspecified atom stereocenters. The van der Waals surface area contributed by atoms with E-state index < -0.39 is 12.1 Å². The molecule has 0 aromatic heterocycles. The van der Waals surface area contributed by atoms with Gasteiger partial charge in [0.1, 0.15) is 18.4 Å². The number of hydrogen-bond donors (Lipinski definition) is 3. The van der Waals surface area contributed by atoms with Crippen LogP contribution in [0.4, 0.5) is 10.5 Å². The van der Waals surface area contributed by atoms with Crippen molar-refractivity contribution >= 4 is 17.7 Å². The molecule has 2 aromatic rings. The Morgan fingerprint density at radius 1 is 1.09 bits per heavy atom. The van der Waals surface area contributed by atoms with Crippen molar-refractivity contribution < 1.29 is 19.4 Å². The fourth-order valence-corrected chi connectivity index (χ4v) is 1.80. The Hall–Kier alpha value is -3.02. The molecule has 0 fully saturated rings. The summed E-state index contributed by atoms with van der Waals surface area (Å²) in [5.74, 6) is -0.272. The number of carbonyl (C=O) groups excluding carboxylic acids is 2. The van der Waals surface area contributed by atoms with Gasteiger partial charge in [-0.25, -0.2) is 4.79 Å². The minimum Gasteiger partial charge on any atom is -0.508 e. The van der Waals surface area contributed by atoms with Gasteiger partial charge in [-0.3, -0.25) is 4.79 Å². The molecule has 1 atom stereocenters. The van der Waals surface area contributed by atoms with Crippen LogP contribution in [-0.4, -0.2) is 23.1 Å². The smallest absolute Gasteiger partial charge is 0.408 e. The van der Waals surface area contributed by atoms with E-state index in [1.807, 2.05) is 30.3 Å². The topological polar surface area (TPSA) is 87.7 Å². The molecular weight excluding hydrogens is 296 g/mol. The molecule has 6 nitrogen and oxygen atoms in total. The fraction of sp³-hybridized carbons (Fsp3) is 0.176. The third-order valence-corrected chi connectivity index (χ3v) is 3.08. The summed E-state index contributed by atoms with van der Waals surface area (Å²) in [5, 5.41) is 14.3. The first-order valence-corrected chi connectivity index (χ1v) is 7.11. The van der Waals surface area contributed by atoms with Crippen molar-refractivity contribution in [1.82, 2.24) is 5.32 Å². The number of alkyl carbamates (subject to hydrolysis) is 1. The summed E-state index contributed by atoms with van der Waals surface area (Å²) in [6.45, 7) is 1.69. The SMILES string of the molecule is C[C@H](NC(=O)OCc1ccccc1)C(=O)Nc1ccc(O)cc1. The molecule has 6 heteroatoms. The van der Waals surface area contributed by atoms with Crippen LogP contribution >= 0.6 is 0 Å². The lowest BCUT2D eigenvalue weighted by Gasteiger charge is -2.14. The van der Waals surface area contributed by atoms with Gasteiger partial charge in [0.2, 0.25) is 5.91 Å². The lowest BCUT2D eigenvalue weighted by molar-refractivity contribution is -0.117. The fourth-order valence-electron chi connectivity index (χ4n) is 1.80. The molecule has 0 heterocycles. The van der Waals surface area contributed by atoms with Crippen LogP contribution in [-0.2, 0) is 16.1 Å². The van der Waals surface area contributed by atoms with Crippen LogP contribution in [0.1, 0.15) is 12.5 Å². The maximum Gasteiger partial charge on any atom is 0.408 e. The molecule has 2 amide bonds. The van der Waals surface area contributed by atoms with Gasteiger partial charge in [-0.15, -0.1) is 0 Å². The number of aromatic hydroxyl groups is 1. The van der Waals surface area contributed by atoms with E-state index in [-0.39, 0.29) is 18.3 Å². The molecule has 0 saturated carbocycles. The molecule has 23 heavy (non-hydrogen) atoms. The molecule has 2 aromatic carbocycles. The molecule has 0 aliphatic carbocycles. The second kappa shape index (κ2) is 7.84. The molecule has 0 spiro atoms. The van der Waals surface area contributed by atoms with Crippen LogP contribution in [0.5, 0.6) is 5.75 Å². The minimum absolute atomic E-state index is 0.110. The molecule has 0 bridgehead atoms. The zero-order valence-electron chi connectivity index (χ0n) is 12.7. The first-order valence-electron chi connectivity index (χ1n) is 7.11. The highest BCUT2D eigenvalue weighted by molar-refractivity contribution is 5.96. The van der Waals surface area contributed by atoms with E-state index in [2.05, 4.69) is 10.6 Å². The Morgan fingerprint density at radius 3 is 2.39 bits per heavy atom. The third-order valence-electron chi connectivity index (χ3n) is 3.08. The number of anilines is 1. The van der Waals surface area contributed by atoms with Gasteiger partial charge >= 0.3 is 6.09 Å². The molecule has 3 N–H and O–H groups in total. The number of nitrogens with one attached hydrogen (secondary N) is 2. The van der Waals surface area contributed by atoms with Crippen LogP contribution < -0.4 is 10.6 Å². The first-order chi connectivity index (χ1) is 11.0. The van der Waals surface area contributed by atoms with Gasteiger partial charge in [0.25, 0.3) is 0 Å². The van der Waals surface area contributed by atoms with Crippen LogP contribution in [0, 0.1) is 0 Å². The lowest BCUT2D eigenvalue weighted by Crippen LogP contribution is -2.41. The number of phenols is 1. The maximum absolute atomic E-state index is 12.0. The monoisotopic (exact) mass is 314 g/mol. The summed E-state index contributed by atoms with van der Waals surface area (Å²) >= 11 is 0. The van der Waals surface area contributed by atoms with E-state index in [1.165, 1.54) is 12.1 Å². The van der Waals surface area contributed by atoms with Crippen LogP contribution in [0.2, 0.25) is 0 Å². The van der Waals surface area contributed by atoms with Crippen LogP contribution in [0.3, 0.4) is 0 Å². The summed E-state index contributed by atoms with van der Waals surface area (Å²) < 4.78 is 5.05. The predicted molar refractivity (Wildman–Crippen MR) is 86.0 cm³/mol. The molecule has 2 rings (SSSR count). The van der Waals surface area contributed by atoms with E-state index in [0.717, 1.165) is 5.56 Å². The Bertz CT molecular complexity index is 656. The molecule has 0 aliphatic rings. The number of carbonyl (C=O) groups is 2. The molecule has 0 radical (unpaired) electrons. The standard InChI is InChI=1S/C17H18N2O4/c1-12(16(21)19-14-7-9-15(20)10-8-14)18-17(22)23-11-13-5-3-2-4-6-13/h2-10,12,20H,11H2,1H3,(H,18,22)(H,19,21)/t12-/m0/s1. The zero-order chi connectivity index (χ0) is 16.7. The highest BCUT2D eigenvalue weighted by Gasteiger charge is 2.16. The van der Waals surface area contributed by atoms with Gasteiger partial charge in [0, 0.05) is 5.69 Å². The summed E-state index contributed by atoms with van der Waals surface area (Å²) in [7, 11) is 0. The molecule has 0 saturated heterocycles. The van der Waals surface area contributed by atoms with Crippen molar-refractivity contribution in [2.75, 3.05) is 5.32 Å². The normalized spacial score (nSPS) is 11.3. The predicted octanol–water partition coefficient (Wildman–Crippen LogP) is 2.65. The Kier molecular flexibility index (Phi) is 5.57. The second-order valence-electron chi connectivity index (χ2n) is 4.96. The highest BCUT2D eigenvalue weighted by Crippen LogP contribution is 2.13. The zero-order valence-corrected chi connectivity index (χ0v) is 12.7. The average molecular weight is 314 g/mol. The summed E-state index contributed by atoms with van der Waals surface area (Å²) in [6.07, 6.45) is -0.665. The Labute approximate surface area is 134 Å². The third kappa shape index (κ3) is 5.35. The largest absolute Gasteiger partial charge is 0.508 e. The van der Waals surface area contributed by atoms with E-state index in [1.54, 1.807) is 19.1 Å². The van der Waals surface area contributed by atoms with Gasteiger partial charge in [-0.2, -0.15) is 0 Å². The van der Waals surface area contributed by atoms with Crippen molar-refractivity contribution in [3.63, 3.8) is 0 Å². The number of hydrogen-bond acceptors (Lipinski definition) is 4. The van der Waals surface area contributed by atoms with Gasteiger partial charge in [-0.05, 0) is 36.8 Å². The number of rotatable bonds is 5. The number of ether oxygens (including phenoxy) is 1. The molecule has 120 valence electrons. The lowest BCUT2D eigenvalue weighted by atomic mass is 10.2. The highest BCUT2D eigenvalue weighted by atomic mass is 16.5. The quantitative estimate of drug-likeness (QED) is 0.740. The van der Waals surface area contributed by atoms with Crippen molar-refractivity contribution in [2.24, 2.45) is 0 Å². The van der Waals surface area contributed by atoms with Crippen molar-refractivity contribution in [1.29, 1.82) is 0 Å². The van der Waals surface area contributed by atoms with Gasteiger partial charge in [0.05, 0.1) is 0 Å². The van der Waals surface area contributed by atoms with E-state index in [9.17, 15) is 14.7 Å². The second-order valence-corrected chi connectivity index (χ2v) is 4.96. The summed E-state index contributed by atoms with van der Waals surface area (Å²) in [4.78, 5) is 23.6. The van der Waals surface area contributed by atoms with Crippen molar-refractivity contribution in [3.8, 4) is 5.75 Å². The summed E-state index contributed by atoms with van der Waals surface area (Å²) in [6, 6.07) is 14.5. The van der Waals surface area contributed by atoms with Gasteiger partial charge < -0.3 is 20.5 Å². The van der Waals surface area contributed by atoms with Crippen LogP contribution in [0.15, 0.2) is 54.6 Å². The van der Waals surface area contributed by atoms with E-state index >= 15 is 0 Å². The van der Waals surface area contributed by atoms with Crippen LogP contribution in [0.25, 0.3) is 0 Å². The number of phenolic OH excluding ortho intramolecular Hbond substituents is 1. The summed E-state index contributed by atoms with van der Waals surface area (Å²) in [5.41, 5.74) is 1.39. The molecular formula is C17H18N2O4. The Morgan fingerprint density at radius 2 is 1.74 bits per heavy atom. The molecule has 0 aliphatic heterocycles. The van der Waals surface area contributed by atoms with Crippen molar-refractivity contribution in [3.05, 3.63) is 60.2 Å². The number of benzene rings is 2.